The lowest BCUT2D eigenvalue weighted by atomic mass is 10.2. The molecule has 0 fully saturated rings. The van der Waals surface area contributed by atoms with E-state index in [1.54, 1.807) is 18.2 Å². The minimum absolute atomic E-state index is 0.115. The first kappa shape index (κ1) is 14.6. The minimum atomic E-state index is -0.413. The molecule has 0 aliphatic rings. The van der Waals surface area contributed by atoms with E-state index in [1.807, 2.05) is 6.07 Å². The van der Waals surface area contributed by atoms with Gasteiger partial charge < -0.3 is 10.3 Å². The van der Waals surface area contributed by atoms with Crippen LogP contribution in [0.4, 0.5) is 0 Å². The van der Waals surface area contributed by atoms with E-state index in [9.17, 15) is 14.4 Å². The summed E-state index contributed by atoms with van der Waals surface area (Å²) in [6.45, 7) is 0.279. The summed E-state index contributed by atoms with van der Waals surface area (Å²) in [5.41, 5.74) is 0.142. The molecule has 116 valence electrons. The molecule has 1 aromatic carbocycles. The normalized spacial score (nSPS) is 10.6. The molecule has 3 aromatic rings. The van der Waals surface area contributed by atoms with Gasteiger partial charge in [-0.2, -0.15) is 5.10 Å². The monoisotopic (exact) mass is 311 g/mol. The average molecular weight is 311 g/mol. The second kappa shape index (κ2) is 6.22. The maximum Gasteiger partial charge on any atom is 0.271 e. The van der Waals surface area contributed by atoms with Gasteiger partial charge in [0.2, 0.25) is 0 Å². The zero-order valence-corrected chi connectivity index (χ0v) is 12.0. The summed E-state index contributed by atoms with van der Waals surface area (Å²) in [6.07, 6.45) is 0.370. The van der Waals surface area contributed by atoms with Gasteiger partial charge in [0.15, 0.2) is 0 Å². The van der Waals surface area contributed by atoms with Crippen LogP contribution in [-0.2, 0) is 6.42 Å². The number of carbonyl (C=O) groups excluding carboxylic acids is 1. The highest BCUT2D eigenvalue weighted by molar-refractivity contribution is 5.91. The number of H-pyrrole nitrogens is 2. The highest BCUT2D eigenvalue weighted by Crippen LogP contribution is 2.05. The average Bonchev–Trinajstić information content (AvgIpc) is 2.55. The third-order valence-electron chi connectivity index (χ3n) is 3.22. The van der Waals surface area contributed by atoms with Gasteiger partial charge in [0.25, 0.3) is 17.0 Å². The van der Waals surface area contributed by atoms with E-state index in [-0.39, 0.29) is 23.4 Å². The Kier molecular flexibility index (Phi) is 3.96. The Morgan fingerprint density at radius 1 is 1.13 bits per heavy atom. The molecule has 8 heteroatoms. The van der Waals surface area contributed by atoms with Crippen molar-refractivity contribution >= 4 is 16.8 Å². The second-order valence-corrected chi connectivity index (χ2v) is 4.84. The lowest BCUT2D eigenvalue weighted by Gasteiger charge is -2.05. The van der Waals surface area contributed by atoms with Crippen LogP contribution in [-0.4, -0.2) is 32.6 Å². The Hall–Kier alpha value is -3.29. The molecule has 1 amide bonds. The van der Waals surface area contributed by atoms with Crippen LogP contribution >= 0.6 is 0 Å². The first-order valence-electron chi connectivity index (χ1n) is 6.95. The lowest BCUT2D eigenvalue weighted by molar-refractivity contribution is 0.0948. The number of amides is 1. The van der Waals surface area contributed by atoms with Crippen LogP contribution in [0.5, 0.6) is 0 Å². The topological polar surface area (TPSA) is 121 Å². The van der Waals surface area contributed by atoms with Crippen molar-refractivity contribution in [3.8, 4) is 0 Å². The molecule has 23 heavy (non-hydrogen) atoms. The predicted octanol–water partition coefficient (Wildman–Crippen LogP) is -0.0211. The number of nitrogens with one attached hydrogen (secondary N) is 3. The number of hydrogen-bond acceptors (Lipinski definition) is 5. The number of fused-ring (bicyclic) bond motifs is 1. The van der Waals surface area contributed by atoms with E-state index in [0.717, 1.165) is 0 Å². The number of aromatic nitrogens is 4. The molecular weight excluding hydrogens is 298 g/mol. The summed E-state index contributed by atoms with van der Waals surface area (Å²) < 4.78 is 0. The molecule has 3 N–H and O–H groups in total. The second-order valence-electron chi connectivity index (χ2n) is 4.84. The molecule has 2 heterocycles. The number of benzene rings is 1. The fraction of sp³-hybridized carbons (Fsp3) is 0.133. The standard InChI is InChI=1S/C15H13N5O3/c21-13-6-5-11(19-20-13)15(23)16-8-7-12-17-10-4-2-1-3-9(10)14(22)18-12/h1-6H,7-8H2,(H,16,23)(H,20,21)(H,17,18,22). The summed E-state index contributed by atoms with van der Waals surface area (Å²) in [7, 11) is 0. The van der Waals surface area contributed by atoms with Gasteiger partial charge in [0, 0.05) is 19.0 Å². The Labute approximate surface area is 129 Å². The molecule has 0 aliphatic heterocycles. The molecule has 0 bridgehead atoms. The molecule has 0 aliphatic carbocycles. The SMILES string of the molecule is O=C(NCCc1nc2ccccc2c(=O)[nH]1)c1ccc(=O)[nH]n1. The molecule has 0 spiro atoms. The smallest absolute Gasteiger partial charge is 0.271 e. The quantitative estimate of drug-likeness (QED) is 0.625. The highest BCUT2D eigenvalue weighted by atomic mass is 16.2. The van der Waals surface area contributed by atoms with Crippen molar-refractivity contribution in [2.45, 2.75) is 6.42 Å². The molecule has 0 saturated carbocycles. The largest absolute Gasteiger partial charge is 0.350 e. The summed E-state index contributed by atoms with van der Waals surface area (Å²) in [5, 5.41) is 9.00. The van der Waals surface area contributed by atoms with Crippen molar-refractivity contribution in [2.75, 3.05) is 6.54 Å². The van der Waals surface area contributed by atoms with E-state index in [2.05, 4.69) is 25.5 Å². The van der Waals surface area contributed by atoms with Crippen molar-refractivity contribution in [1.82, 2.24) is 25.5 Å². The fourth-order valence-electron chi connectivity index (χ4n) is 2.11. The van der Waals surface area contributed by atoms with Crippen LogP contribution in [0.1, 0.15) is 16.3 Å². The number of hydrogen-bond donors (Lipinski definition) is 3. The van der Waals surface area contributed by atoms with Gasteiger partial charge in [-0.3, -0.25) is 14.4 Å². The first-order valence-corrected chi connectivity index (χ1v) is 6.95. The number of aromatic amines is 2. The van der Waals surface area contributed by atoms with Crippen molar-refractivity contribution in [3.05, 3.63) is 68.6 Å². The van der Waals surface area contributed by atoms with Crippen molar-refractivity contribution in [2.24, 2.45) is 0 Å². The Morgan fingerprint density at radius 2 is 1.96 bits per heavy atom. The van der Waals surface area contributed by atoms with Crippen LogP contribution in [0.2, 0.25) is 0 Å². The molecule has 3 rings (SSSR count). The van der Waals surface area contributed by atoms with Crippen LogP contribution in [0.15, 0.2) is 46.0 Å². The zero-order chi connectivity index (χ0) is 16.2. The molecule has 0 atom stereocenters. The fourth-order valence-corrected chi connectivity index (χ4v) is 2.11. The van der Waals surface area contributed by atoms with E-state index in [1.165, 1.54) is 12.1 Å². The summed E-state index contributed by atoms with van der Waals surface area (Å²) >= 11 is 0. The van der Waals surface area contributed by atoms with Crippen molar-refractivity contribution in [3.63, 3.8) is 0 Å². The number of carbonyl (C=O) groups is 1. The third kappa shape index (κ3) is 3.31. The maximum absolute atomic E-state index is 11.9. The Balaban J connectivity index is 1.67. The Morgan fingerprint density at radius 3 is 2.74 bits per heavy atom. The highest BCUT2D eigenvalue weighted by Gasteiger charge is 2.08. The van der Waals surface area contributed by atoms with E-state index < -0.39 is 5.91 Å². The summed E-state index contributed by atoms with van der Waals surface area (Å²) in [6, 6.07) is 9.61. The van der Waals surface area contributed by atoms with Gasteiger partial charge in [-0.05, 0) is 18.2 Å². The van der Waals surface area contributed by atoms with Gasteiger partial charge in [0.1, 0.15) is 11.5 Å². The van der Waals surface area contributed by atoms with Gasteiger partial charge in [-0.1, -0.05) is 12.1 Å². The van der Waals surface area contributed by atoms with Crippen LogP contribution in [0.25, 0.3) is 10.9 Å². The van der Waals surface area contributed by atoms with Crippen LogP contribution in [0, 0.1) is 0 Å². The number of para-hydroxylation sites is 1. The molecule has 0 saturated heterocycles. The molecular formula is C15H13N5O3. The van der Waals surface area contributed by atoms with E-state index >= 15 is 0 Å². The minimum Gasteiger partial charge on any atom is -0.350 e. The van der Waals surface area contributed by atoms with Gasteiger partial charge in [-0.25, -0.2) is 10.1 Å². The third-order valence-corrected chi connectivity index (χ3v) is 3.22. The summed E-state index contributed by atoms with van der Waals surface area (Å²) in [4.78, 5) is 41.7. The molecule has 2 aromatic heterocycles. The van der Waals surface area contributed by atoms with E-state index in [4.69, 9.17) is 0 Å². The van der Waals surface area contributed by atoms with Crippen LogP contribution < -0.4 is 16.4 Å². The summed E-state index contributed by atoms with van der Waals surface area (Å²) in [5.74, 6) is 0.0767. The van der Waals surface area contributed by atoms with Crippen molar-refractivity contribution in [1.29, 1.82) is 0 Å². The molecule has 0 unspecified atom stereocenters. The zero-order valence-electron chi connectivity index (χ0n) is 12.0. The number of nitrogens with zero attached hydrogens (tertiary/aromatic N) is 2. The molecule has 8 nitrogen and oxygen atoms in total. The predicted molar refractivity (Wildman–Crippen MR) is 83.3 cm³/mol. The number of rotatable bonds is 4. The molecule has 0 radical (unpaired) electrons. The lowest BCUT2D eigenvalue weighted by Crippen LogP contribution is -2.28. The Bertz CT molecular complexity index is 956. The first-order chi connectivity index (χ1) is 11.1. The van der Waals surface area contributed by atoms with Gasteiger partial charge in [-0.15, -0.1) is 0 Å². The van der Waals surface area contributed by atoms with E-state index in [0.29, 0.717) is 23.1 Å². The van der Waals surface area contributed by atoms with Crippen LogP contribution in [0.3, 0.4) is 0 Å². The van der Waals surface area contributed by atoms with Crippen molar-refractivity contribution < 1.29 is 4.79 Å². The maximum atomic E-state index is 11.9. The van der Waals surface area contributed by atoms with Gasteiger partial charge in [0.05, 0.1) is 10.9 Å². The van der Waals surface area contributed by atoms with Gasteiger partial charge >= 0.3 is 0 Å².